The molecule has 0 aromatic carbocycles. The first-order chi connectivity index (χ1) is 3.73. The van der Waals surface area contributed by atoms with Crippen LogP contribution < -0.4 is 0 Å². The van der Waals surface area contributed by atoms with Crippen molar-refractivity contribution in [3.8, 4) is 0 Å². The van der Waals surface area contributed by atoms with E-state index in [4.69, 9.17) is 29.1 Å². The number of hydrogen-bond acceptors (Lipinski definition) is 2. The van der Waals surface area contributed by atoms with Crippen molar-refractivity contribution in [2.45, 2.75) is 6.92 Å². The Hall–Kier alpha value is 3.37. The number of rotatable bonds is 0. The standard InChI is InChI=1S/C2H4O2.Cu.2K.H3O4P.2H/c1-2(3)4;;;;1-5(2,3)4;;/h1H3,(H,3,4);;;;(H3,1,2,3,4);;. The Labute approximate surface area is 165 Å². The summed E-state index contributed by atoms with van der Waals surface area (Å²) in [7, 11) is -4.64. The molecule has 0 heterocycles. The molecule has 0 rings (SSSR count). The van der Waals surface area contributed by atoms with Crippen LogP contribution in [0.1, 0.15) is 6.92 Å². The van der Waals surface area contributed by atoms with E-state index in [1.54, 1.807) is 0 Å². The van der Waals surface area contributed by atoms with Crippen LogP contribution >= 0.6 is 7.82 Å². The van der Waals surface area contributed by atoms with Crippen molar-refractivity contribution >= 4 is 117 Å². The van der Waals surface area contributed by atoms with Gasteiger partial charge < -0.3 is 19.8 Å². The molecule has 0 saturated heterocycles. The first-order valence-electron chi connectivity index (χ1n) is 1.71. The third-order valence-electron chi connectivity index (χ3n) is 0. The van der Waals surface area contributed by atoms with Gasteiger partial charge >= 0.3 is 111 Å². The van der Waals surface area contributed by atoms with Gasteiger partial charge in [-0.1, -0.05) is 0 Å². The fourth-order valence-electron chi connectivity index (χ4n) is 0. The van der Waals surface area contributed by atoms with Crippen LogP contribution in [-0.2, 0) is 26.4 Å². The minimum atomic E-state index is -4.64. The summed E-state index contributed by atoms with van der Waals surface area (Å²) in [6.07, 6.45) is 0. The van der Waals surface area contributed by atoms with E-state index in [0.29, 0.717) is 0 Å². The van der Waals surface area contributed by atoms with Crippen LogP contribution in [0.3, 0.4) is 0 Å². The summed E-state index contributed by atoms with van der Waals surface area (Å²) in [6, 6.07) is 0. The third-order valence-corrected chi connectivity index (χ3v) is 0. The third kappa shape index (κ3) is 180. The van der Waals surface area contributed by atoms with Gasteiger partial charge in [0.05, 0.1) is 0 Å². The fraction of sp³-hybridized carbons (Fsp3) is 0.500. The van der Waals surface area contributed by atoms with E-state index in [0.717, 1.165) is 6.92 Å². The van der Waals surface area contributed by atoms with E-state index >= 15 is 0 Å². The van der Waals surface area contributed by atoms with Crippen LogP contribution in [0.5, 0.6) is 0 Å². The first kappa shape index (κ1) is 29.5. The van der Waals surface area contributed by atoms with Gasteiger partial charge in [0.1, 0.15) is 0 Å². The Morgan fingerprint density at radius 2 is 1.17 bits per heavy atom. The molecule has 71 valence electrons. The Morgan fingerprint density at radius 3 is 1.17 bits per heavy atom. The molecule has 0 unspecified atom stereocenters. The quantitative estimate of drug-likeness (QED) is 0.300. The van der Waals surface area contributed by atoms with Crippen molar-refractivity contribution in [1.29, 1.82) is 0 Å². The molecule has 12 heavy (non-hydrogen) atoms. The SMILES string of the molecule is CC(=O)O.O=P(O)(O)O.[Cu].[KH].[KH]. The molecule has 0 spiro atoms. The van der Waals surface area contributed by atoms with Gasteiger partial charge in [-0.25, -0.2) is 4.57 Å². The Morgan fingerprint density at radius 1 is 1.17 bits per heavy atom. The van der Waals surface area contributed by atoms with Gasteiger partial charge in [0.2, 0.25) is 0 Å². The van der Waals surface area contributed by atoms with Crippen molar-refractivity contribution in [3.05, 3.63) is 0 Å². The zero-order valence-corrected chi connectivity index (χ0v) is 6.69. The molecule has 0 aromatic heterocycles. The molecule has 0 atom stereocenters. The topological polar surface area (TPSA) is 115 Å². The summed E-state index contributed by atoms with van der Waals surface area (Å²) >= 11 is 0. The summed E-state index contributed by atoms with van der Waals surface area (Å²) < 4.78 is 8.88. The van der Waals surface area contributed by atoms with Gasteiger partial charge in [-0.3, -0.25) is 4.79 Å². The van der Waals surface area contributed by atoms with Crippen molar-refractivity contribution < 1.29 is 46.2 Å². The van der Waals surface area contributed by atoms with Crippen LogP contribution in [0.2, 0.25) is 0 Å². The number of carboxylic acids is 1. The Kier molecular flexibility index (Phi) is 41.3. The van der Waals surface area contributed by atoms with E-state index in [1.165, 1.54) is 0 Å². The van der Waals surface area contributed by atoms with Gasteiger partial charge in [0.15, 0.2) is 0 Å². The van der Waals surface area contributed by atoms with Gasteiger partial charge in [-0.2, -0.15) is 0 Å². The van der Waals surface area contributed by atoms with Gasteiger partial charge in [0, 0.05) is 24.0 Å². The Bertz CT molecular complexity index is 123. The van der Waals surface area contributed by atoms with E-state index in [1.807, 2.05) is 0 Å². The minimum absolute atomic E-state index is 0. The van der Waals surface area contributed by atoms with E-state index < -0.39 is 13.8 Å². The summed E-state index contributed by atoms with van der Waals surface area (Å²) in [5.41, 5.74) is 0. The zero-order chi connectivity index (χ0) is 8.08. The summed E-state index contributed by atoms with van der Waals surface area (Å²) in [5.74, 6) is -0.833. The van der Waals surface area contributed by atoms with Crippen LogP contribution in [0.25, 0.3) is 0 Å². The maximum absolute atomic E-state index is 9.00. The molecule has 0 aromatic rings. The molecule has 0 bridgehead atoms. The molecular weight excluding hydrogens is 293 g/mol. The van der Waals surface area contributed by atoms with Crippen molar-refractivity contribution in [1.82, 2.24) is 0 Å². The van der Waals surface area contributed by atoms with E-state index in [2.05, 4.69) is 0 Å². The summed E-state index contributed by atoms with van der Waals surface area (Å²) in [5, 5.41) is 7.42. The fourth-order valence-corrected chi connectivity index (χ4v) is 0. The molecule has 1 radical (unpaired) electrons. The van der Waals surface area contributed by atoms with Crippen molar-refractivity contribution in [2.75, 3.05) is 0 Å². The van der Waals surface area contributed by atoms with E-state index in [9.17, 15) is 0 Å². The second-order valence-electron chi connectivity index (χ2n) is 1.03. The van der Waals surface area contributed by atoms with Crippen LogP contribution in [0.4, 0.5) is 0 Å². The number of phosphoric acid groups is 1. The average molecular weight is 302 g/mol. The summed E-state index contributed by atoms with van der Waals surface area (Å²) in [6.45, 7) is 1.08. The van der Waals surface area contributed by atoms with Gasteiger partial charge in [-0.05, 0) is 0 Å². The molecule has 0 saturated carbocycles. The predicted octanol–water partition coefficient (Wildman–Crippen LogP) is -2.14. The molecule has 10 heteroatoms. The summed E-state index contributed by atoms with van der Waals surface area (Å²) in [4.78, 5) is 30.6. The normalized spacial score (nSPS) is 7.00. The zero-order valence-electron chi connectivity index (χ0n) is 4.85. The molecule has 4 N–H and O–H groups in total. The second kappa shape index (κ2) is 16.8. The van der Waals surface area contributed by atoms with Gasteiger partial charge in [0.25, 0.3) is 5.97 Å². The number of hydrogen-bond donors (Lipinski definition) is 4. The van der Waals surface area contributed by atoms with Crippen molar-refractivity contribution in [3.63, 3.8) is 0 Å². The first-order valence-corrected chi connectivity index (χ1v) is 3.28. The van der Waals surface area contributed by atoms with Gasteiger partial charge in [-0.15, -0.1) is 0 Å². The molecule has 0 aliphatic heterocycles. The average Bonchev–Trinajstić information content (AvgIpc) is 1.19. The number of carbonyl (C=O) groups is 1. The molecule has 0 fully saturated rings. The monoisotopic (exact) mass is 301 g/mol. The second-order valence-corrected chi connectivity index (χ2v) is 2.06. The van der Waals surface area contributed by atoms with Crippen molar-refractivity contribution in [2.24, 2.45) is 0 Å². The molecule has 0 aliphatic rings. The van der Waals surface area contributed by atoms with Crippen LogP contribution in [-0.4, -0.2) is 129 Å². The number of carboxylic acid groups (broad SMARTS) is 1. The Balaban J connectivity index is -0.0000000221. The predicted molar refractivity (Wildman–Crippen MR) is 41.9 cm³/mol. The molecule has 6 nitrogen and oxygen atoms in total. The number of aliphatic carboxylic acids is 1. The van der Waals surface area contributed by atoms with Crippen LogP contribution in [0, 0.1) is 0 Å². The maximum atomic E-state index is 9.00. The molecule has 0 aliphatic carbocycles. The van der Waals surface area contributed by atoms with E-state index in [-0.39, 0.29) is 120 Å². The van der Waals surface area contributed by atoms with Crippen LogP contribution in [0.15, 0.2) is 0 Å². The molecule has 0 amide bonds. The molecular formula is C2H9CuK2O6P.